The molecule has 5 heteroatoms. The van der Waals surface area contributed by atoms with E-state index in [4.69, 9.17) is 9.47 Å². The number of aryl methyl sites for hydroxylation is 2. The minimum Gasteiger partial charge on any atom is -0.484 e. The first-order chi connectivity index (χ1) is 9.02. The van der Waals surface area contributed by atoms with Gasteiger partial charge in [0.1, 0.15) is 5.75 Å². The Kier molecular flexibility index (Phi) is 6.32. The Balaban J connectivity index is 2.33. The number of ether oxygens (including phenoxy) is 2. The van der Waals surface area contributed by atoms with Gasteiger partial charge in [0.05, 0.1) is 12.7 Å². The molecule has 0 aliphatic carbocycles. The molecule has 106 valence electrons. The van der Waals surface area contributed by atoms with Gasteiger partial charge in [0.15, 0.2) is 6.61 Å². The van der Waals surface area contributed by atoms with Crippen LogP contribution in [-0.2, 0) is 9.53 Å². The van der Waals surface area contributed by atoms with Crippen molar-refractivity contribution in [1.82, 2.24) is 5.32 Å². The first-order valence-electron chi connectivity index (χ1n) is 6.16. The van der Waals surface area contributed by atoms with Crippen molar-refractivity contribution in [3.05, 3.63) is 29.3 Å². The number of methoxy groups -OCH3 is 1. The standard InChI is InChI=1S/C14H21NO4/c1-10-4-5-13(11(2)6-10)19-9-14(17)15-7-12(16)8-18-3/h4-6,12,16H,7-9H2,1-3H3,(H,15,17). The van der Waals surface area contributed by atoms with E-state index in [9.17, 15) is 9.90 Å². The third kappa shape index (κ3) is 5.72. The zero-order chi connectivity index (χ0) is 14.3. The second-order valence-corrected chi connectivity index (χ2v) is 4.47. The fourth-order valence-electron chi connectivity index (χ4n) is 1.64. The van der Waals surface area contributed by atoms with Crippen molar-refractivity contribution in [3.63, 3.8) is 0 Å². The number of carbonyl (C=O) groups is 1. The molecule has 1 aromatic rings. The molecule has 0 radical (unpaired) electrons. The number of benzene rings is 1. The number of amides is 1. The molecule has 0 bridgehead atoms. The third-order valence-corrected chi connectivity index (χ3v) is 2.58. The van der Waals surface area contributed by atoms with Gasteiger partial charge in [-0.05, 0) is 25.5 Å². The van der Waals surface area contributed by atoms with Gasteiger partial charge in [-0.2, -0.15) is 0 Å². The molecule has 1 rings (SSSR count). The maximum Gasteiger partial charge on any atom is 0.258 e. The lowest BCUT2D eigenvalue weighted by Crippen LogP contribution is -2.37. The molecule has 0 saturated carbocycles. The highest BCUT2D eigenvalue weighted by molar-refractivity contribution is 5.77. The fraction of sp³-hybridized carbons (Fsp3) is 0.500. The van der Waals surface area contributed by atoms with E-state index < -0.39 is 6.10 Å². The quantitative estimate of drug-likeness (QED) is 0.767. The Morgan fingerprint density at radius 1 is 1.42 bits per heavy atom. The van der Waals surface area contributed by atoms with Gasteiger partial charge >= 0.3 is 0 Å². The van der Waals surface area contributed by atoms with Crippen LogP contribution in [0.2, 0.25) is 0 Å². The Hall–Kier alpha value is -1.59. The summed E-state index contributed by atoms with van der Waals surface area (Å²) in [5.74, 6) is 0.424. The Morgan fingerprint density at radius 2 is 2.16 bits per heavy atom. The Morgan fingerprint density at radius 3 is 2.79 bits per heavy atom. The zero-order valence-corrected chi connectivity index (χ0v) is 11.6. The molecule has 0 heterocycles. The van der Waals surface area contributed by atoms with E-state index in [1.807, 2.05) is 32.0 Å². The Bertz CT molecular complexity index is 420. The lowest BCUT2D eigenvalue weighted by atomic mass is 10.1. The van der Waals surface area contributed by atoms with E-state index in [1.54, 1.807) is 0 Å². The van der Waals surface area contributed by atoms with Crippen molar-refractivity contribution in [3.8, 4) is 5.75 Å². The maximum absolute atomic E-state index is 11.5. The molecule has 0 aliphatic rings. The highest BCUT2D eigenvalue weighted by Gasteiger charge is 2.08. The predicted octanol–water partition coefficient (Wildman–Crippen LogP) is 0.806. The van der Waals surface area contributed by atoms with Gasteiger partial charge in [0, 0.05) is 13.7 Å². The topological polar surface area (TPSA) is 67.8 Å². The van der Waals surface area contributed by atoms with Crippen LogP contribution in [-0.4, -0.2) is 44.0 Å². The summed E-state index contributed by atoms with van der Waals surface area (Å²) in [5.41, 5.74) is 2.14. The Labute approximate surface area is 113 Å². The molecule has 0 aliphatic heterocycles. The highest BCUT2D eigenvalue weighted by atomic mass is 16.5. The molecule has 2 N–H and O–H groups in total. The molecule has 1 aromatic carbocycles. The normalized spacial score (nSPS) is 12.0. The molecular weight excluding hydrogens is 246 g/mol. The maximum atomic E-state index is 11.5. The summed E-state index contributed by atoms with van der Waals surface area (Å²) in [4.78, 5) is 11.5. The first kappa shape index (κ1) is 15.5. The highest BCUT2D eigenvalue weighted by Crippen LogP contribution is 2.18. The SMILES string of the molecule is COCC(O)CNC(=O)COc1ccc(C)cc1C. The molecule has 1 atom stereocenters. The minimum atomic E-state index is -0.699. The molecule has 0 saturated heterocycles. The van der Waals surface area contributed by atoms with Crippen LogP contribution in [0, 0.1) is 13.8 Å². The summed E-state index contributed by atoms with van der Waals surface area (Å²) in [7, 11) is 1.49. The van der Waals surface area contributed by atoms with E-state index in [2.05, 4.69) is 5.32 Å². The second kappa shape index (κ2) is 7.76. The van der Waals surface area contributed by atoms with Crippen LogP contribution in [0.4, 0.5) is 0 Å². The van der Waals surface area contributed by atoms with Crippen LogP contribution >= 0.6 is 0 Å². The monoisotopic (exact) mass is 267 g/mol. The fourth-order valence-corrected chi connectivity index (χ4v) is 1.64. The third-order valence-electron chi connectivity index (χ3n) is 2.58. The lowest BCUT2D eigenvalue weighted by Gasteiger charge is -2.12. The molecule has 0 fully saturated rings. The predicted molar refractivity (Wildman–Crippen MR) is 72.3 cm³/mol. The second-order valence-electron chi connectivity index (χ2n) is 4.47. The van der Waals surface area contributed by atoms with Crippen LogP contribution in [0.3, 0.4) is 0 Å². The summed E-state index contributed by atoms with van der Waals surface area (Å²) in [6.07, 6.45) is -0.699. The van der Waals surface area contributed by atoms with Crippen LogP contribution in [0.25, 0.3) is 0 Å². The van der Waals surface area contributed by atoms with Crippen LogP contribution in [0.15, 0.2) is 18.2 Å². The number of aliphatic hydroxyl groups excluding tert-OH is 1. The summed E-state index contributed by atoms with van der Waals surface area (Å²) >= 11 is 0. The average molecular weight is 267 g/mol. The van der Waals surface area contributed by atoms with E-state index in [0.717, 1.165) is 11.1 Å². The van der Waals surface area contributed by atoms with Gasteiger partial charge in [0.25, 0.3) is 5.91 Å². The molecule has 5 nitrogen and oxygen atoms in total. The minimum absolute atomic E-state index is 0.0659. The van der Waals surface area contributed by atoms with Gasteiger partial charge in [-0.1, -0.05) is 17.7 Å². The van der Waals surface area contributed by atoms with Crippen LogP contribution < -0.4 is 10.1 Å². The number of hydrogen-bond acceptors (Lipinski definition) is 4. The first-order valence-corrected chi connectivity index (χ1v) is 6.16. The molecule has 0 spiro atoms. The van der Waals surface area contributed by atoms with Gasteiger partial charge in [0.2, 0.25) is 0 Å². The summed E-state index contributed by atoms with van der Waals surface area (Å²) in [5, 5.41) is 12.0. The van der Waals surface area contributed by atoms with Gasteiger partial charge in [-0.15, -0.1) is 0 Å². The van der Waals surface area contributed by atoms with E-state index in [0.29, 0.717) is 5.75 Å². The number of rotatable bonds is 7. The van der Waals surface area contributed by atoms with Gasteiger partial charge < -0.3 is 19.9 Å². The van der Waals surface area contributed by atoms with E-state index in [1.165, 1.54) is 7.11 Å². The summed E-state index contributed by atoms with van der Waals surface area (Å²) in [6, 6.07) is 5.77. The van der Waals surface area contributed by atoms with Crippen molar-refractivity contribution < 1.29 is 19.4 Å². The van der Waals surface area contributed by atoms with Gasteiger partial charge in [-0.3, -0.25) is 4.79 Å². The van der Waals surface area contributed by atoms with Crippen molar-refractivity contribution in [2.45, 2.75) is 20.0 Å². The zero-order valence-electron chi connectivity index (χ0n) is 11.6. The summed E-state index contributed by atoms with van der Waals surface area (Å²) in [6.45, 7) is 4.22. The van der Waals surface area contributed by atoms with E-state index >= 15 is 0 Å². The molecule has 1 amide bonds. The number of nitrogens with one attached hydrogen (secondary N) is 1. The average Bonchev–Trinajstić information content (AvgIpc) is 2.35. The van der Waals surface area contributed by atoms with Crippen LogP contribution in [0.5, 0.6) is 5.75 Å². The van der Waals surface area contributed by atoms with E-state index in [-0.39, 0.29) is 25.7 Å². The van der Waals surface area contributed by atoms with Crippen molar-refractivity contribution in [1.29, 1.82) is 0 Å². The molecule has 1 unspecified atom stereocenters. The van der Waals surface area contributed by atoms with Gasteiger partial charge in [-0.25, -0.2) is 0 Å². The van der Waals surface area contributed by atoms with Crippen LogP contribution in [0.1, 0.15) is 11.1 Å². The smallest absolute Gasteiger partial charge is 0.258 e. The molecule has 0 aromatic heterocycles. The van der Waals surface area contributed by atoms with Crippen molar-refractivity contribution >= 4 is 5.91 Å². The lowest BCUT2D eigenvalue weighted by molar-refractivity contribution is -0.123. The van der Waals surface area contributed by atoms with Crippen molar-refractivity contribution in [2.24, 2.45) is 0 Å². The number of carbonyl (C=O) groups excluding carboxylic acids is 1. The molecular formula is C14H21NO4. The number of aliphatic hydroxyl groups is 1. The molecule has 19 heavy (non-hydrogen) atoms. The largest absolute Gasteiger partial charge is 0.484 e. The van der Waals surface area contributed by atoms with Crippen molar-refractivity contribution in [2.75, 3.05) is 26.9 Å². The number of hydrogen-bond donors (Lipinski definition) is 2. The summed E-state index contributed by atoms with van der Waals surface area (Å²) < 4.78 is 10.2.